The first-order chi connectivity index (χ1) is 7.99. The first kappa shape index (κ1) is 11.9. The van der Waals surface area contributed by atoms with Crippen molar-refractivity contribution in [1.29, 1.82) is 0 Å². The number of primary amides is 1. The second-order valence-corrected chi connectivity index (χ2v) is 4.20. The van der Waals surface area contributed by atoms with Crippen molar-refractivity contribution in [2.24, 2.45) is 5.73 Å². The minimum absolute atomic E-state index is 0.135. The quantitative estimate of drug-likeness (QED) is 0.907. The minimum atomic E-state index is -0.617. The van der Waals surface area contributed by atoms with Crippen LogP contribution in [-0.2, 0) is 0 Å². The van der Waals surface area contributed by atoms with Crippen LogP contribution in [0.15, 0.2) is 18.2 Å². The van der Waals surface area contributed by atoms with E-state index in [0.717, 1.165) is 0 Å². The molecular formula is C10H8Cl2N4O. The van der Waals surface area contributed by atoms with Gasteiger partial charge in [-0.1, -0.05) is 23.2 Å². The molecule has 5 nitrogen and oxygen atoms in total. The van der Waals surface area contributed by atoms with Gasteiger partial charge in [0.15, 0.2) is 5.69 Å². The number of aryl methyl sites for hydroxylation is 1. The molecule has 0 unspecified atom stereocenters. The number of carbonyl (C=O) groups is 1. The summed E-state index contributed by atoms with van der Waals surface area (Å²) in [6.45, 7) is 1.65. The fourth-order valence-electron chi connectivity index (χ4n) is 1.33. The van der Waals surface area contributed by atoms with Gasteiger partial charge in [-0.2, -0.15) is 9.90 Å². The average molecular weight is 271 g/mol. The lowest BCUT2D eigenvalue weighted by Crippen LogP contribution is -2.13. The summed E-state index contributed by atoms with van der Waals surface area (Å²) in [6, 6.07) is 4.92. The fraction of sp³-hybridized carbons (Fsp3) is 0.100. The molecule has 0 saturated heterocycles. The van der Waals surface area contributed by atoms with Gasteiger partial charge in [0.2, 0.25) is 0 Å². The predicted octanol–water partition coefficient (Wildman–Crippen LogP) is 1.98. The predicted molar refractivity (Wildman–Crippen MR) is 64.6 cm³/mol. The smallest absolute Gasteiger partial charge is 0.271 e. The molecule has 0 radical (unpaired) electrons. The monoisotopic (exact) mass is 270 g/mol. The van der Waals surface area contributed by atoms with Crippen LogP contribution in [-0.4, -0.2) is 20.9 Å². The van der Waals surface area contributed by atoms with Crippen LogP contribution in [0.1, 0.15) is 16.2 Å². The highest BCUT2D eigenvalue weighted by atomic mass is 35.5. The molecular weight excluding hydrogens is 263 g/mol. The zero-order valence-electron chi connectivity index (χ0n) is 8.82. The van der Waals surface area contributed by atoms with Crippen molar-refractivity contribution in [2.75, 3.05) is 0 Å². The summed E-state index contributed by atoms with van der Waals surface area (Å²) in [6.07, 6.45) is 0. The third-order valence-corrected chi connectivity index (χ3v) is 2.89. The van der Waals surface area contributed by atoms with Crippen molar-refractivity contribution in [2.45, 2.75) is 6.92 Å². The largest absolute Gasteiger partial charge is 0.364 e. The molecule has 1 heterocycles. The number of nitrogens with two attached hydrogens (primary N) is 1. The Morgan fingerprint density at radius 3 is 2.53 bits per heavy atom. The van der Waals surface area contributed by atoms with Gasteiger partial charge in [0.25, 0.3) is 5.91 Å². The van der Waals surface area contributed by atoms with Gasteiger partial charge in [0, 0.05) is 0 Å². The van der Waals surface area contributed by atoms with Crippen LogP contribution in [0.5, 0.6) is 0 Å². The summed E-state index contributed by atoms with van der Waals surface area (Å²) in [5.74, 6) is -0.617. The number of benzene rings is 1. The lowest BCUT2D eigenvalue weighted by atomic mass is 10.3. The summed E-state index contributed by atoms with van der Waals surface area (Å²) < 4.78 is 0. The number of carbonyl (C=O) groups excluding carboxylic acids is 1. The van der Waals surface area contributed by atoms with Crippen LogP contribution in [0, 0.1) is 6.92 Å². The third kappa shape index (κ3) is 2.25. The number of rotatable bonds is 2. The van der Waals surface area contributed by atoms with Gasteiger partial charge in [-0.3, -0.25) is 4.79 Å². The van der Waals surface area contributed by atoms with Crippen LogP contribution in [0.3, 0.4) is 0 Å². The van der Waals surface area contributed by atoms with Crippen molar-refractivity contribution < 1.29 is 4.79 Å². The number of aromatic nitrogens is 3. The molecule has 0 aliphatic rings. The second-order valence-electron chi connectivity index (χ2n) is 3.39. The second kappa shape index (κ2) is 4.35. The van der Waals surface area contributed by atoms with Crippen LogP contribution in [0.25, 0.3) is 5.69 Å². The van der Waals surface area contributed by atoms with Crippen molar-refractivity contribution >= 4 is 29.1 Å². The van der Waals surface area contributed by atoms with Gasteiger partial charge in [-0.05, 0) is 25.1 Å². The molecule has 0 fully saturated rings. The highest BCUT2D eigenvalue weighted by Gasteiger charge is 2.13. The molecule has 0 saturated carbocycles. The van der Waals surface area contributed by atoms with Crippen molar-refractivity contribution in [3.63, 3.8) is 0 Å². The van der Waals surface area contributed by atoms with E-state index in [0.29, 0.717) is 21.4 Å². The molecule has 7 heteroatoms. The third-order valence-electron chi connectivity index (χ3n) is 2.15. The molecule has 0 bridgehead atoms. The molecule has 0 aliphatic carbocycles. The Balaban J connectivity index is 2.50. The summed E-state index contributed by atoms with van der Waals surface area (Å²) in [4.78, 5) is 12.3. The van der Waals surface area contributed by atoms with Crippen molar-refractivity contribution in [3.8, 4) is 5.69 Å². The topological polar surface area (TPSA) is 73.8 Å². The first-order valence-corrected chi connectivity index (χ1v) is 5.44. The van der Waals surface area contributed by atoms with Crippen LogP contribution >= 0.6 is 23.2 Å². The highest BCUT2D eigenvalue weighted by Crippen LogP contribution is 2.24. The maximum absolute atomic E-state index is 11.0. The average Bonchev–Trinajstić information content (AvgIpc) is 2.64. The van der Waals surface area contributed by atoms with E-state index in [-0.39, 0.29) is 5.69 Å². The molecule has 1 amide bonds. The van der Waals surface area contributed by atoms with Gasteiger partial charge in [0.1, 0.15) is 0 Å². The molecule has 17 heavy (non-hydrogen) atoms. The van der Waals surface area contributed by atoms with E-state index in [1.807, 2.05) is 0 Å². The van der Waals surface area contributed by atoms with Crippen LogP contribution in [0.4, 0.5) is 0 Å². The molecule has 88 valence electrons. The number of nitrogens with zero attached hydrogens (tertiary/aromatic N) is 3. The Hall–Kier alpha value is -1.59. The molecule has 1 aromatic carbocycles. The highest BCUT2D eigenvalue weighted by molar-refractivity contribution is 6.42. The number of hydrogen-bond donors (Lipinski definition) is 1. The van der Waals surface area contributed by atoms with E-state index in [1.54, 1.807) is 25.1 Å². The van der Waals surface area contributed by atoms with E-state index >= 15 is 0 Å². The van der Waals surface area contributed by atoms with Crippen LogP contribution in [0.2, 0.25) is 10.0 Å². The molecule has 2 rings (SSSR count). The Labute approximate surface area is 107 Å². The summed E-state index contributed by atoms with van der Waals surface area (Å²) >= 11 is 11.7. The molecule has 2 N–H and O–H groups in total. The number of hydrogen-bond acceptors (Lipinski definition) is 3. The summed E-state index contributed by atoms with van der Waals surface area (Å²) in [5.41, 5.74) is 6.36. The Kier molecular flexibility index (Phi) is 3.04. The van der Waals surface area contributed by atoms with E-state index < -0.39 is 5.91 Å². The Morgan fingerprint density at radius 1 is 1.29 bits per heavy atom. The summed E-state index contributed by atoms with van der Waals surface area (Å²) in [7, 11) is 0. The molecule has 0 atom stereocenters. The van der Waals surface area contributed by atoms with Gasteiger partial charge in [0.05, 0.1) is 21.4 Å². The number of halogens is 2. The van der Waals surface area contributed by atoms with E-state index in [4.69, 9.17) is 28.9 Å². The van der Waals surface area contributed by atoms with Crippen LogP contribution < -0.4 is 5.73 Å². The normalized spacial score (nSPS) is 10.5. The maximum atomic E-state index is 11.0. The Morgan fingerprint density at radius 2 is 2.00 bits per heavy atom. The van der Waals surface area contributed by atoms with Gasteiger partial charge in [-0.15, -0.1) is 5.10 Å². The van der Waals surface area contributed by atoms with Gasteiger partial charge in [-0.25, -0.2) is 0 Å². The van der Waals surface area contributed by atoms with Crippen molar-refractivity contribution in [1.82, 2.24) is 15.0 Å². The number of amides is 1. The SMILES string of the molecule is Cc1nn(-c2ccc(Cl)c(Cl)c2)nc1C(N)=O. The lowest BCUT2D eigenvalue weighted by Gasteiger charge is -2.00. The van der Waals surface area contributed by atoms with Crippen molar-refractivity contribution in [3.05, 3.63) is 39.6 Å². The lowest BCUT2D eigenvalue weighted by molar-refractivity contribution is 0.0994. The fourth-order valence-corrected chi connectivity index (χ4v) is 1.62. The van der Waals surface area contributed by atoms with Gasteiger partial charge < -0.3 is 5.73 Å². The maximum Gasteiger partial charge on any atom is 0.271 e. The summed E-state index contributed by atoms with van der Waals surface area (Å²) in [5, 5.41) is 8.88. The van der Waals surface area contributed by atoms with E-state index in [9.17, 15) is 4.79 Å². The zero-order chi connectivity index (χ0) is 12.6. The molecule has 1 aromatic heterocycles. The zero-order valence-corrected chi connectivity index (χ0v) is 10.3. The van der Waals surface area contributed by atoms with E-state index in [2.05, 4.69) is 10.2 Å². The Bertz CT molecular complexity index is 594. The van der Waals surface area contributed by atoms with Gasteiger partial charge >= 0.3 is 0 Å². The molecule has 0 spiro atoms. The first-order valence-electron chi connectivity index (χ1n) is 4.68. The van der Waals surface area contributed by atoms with E-state index in [1.165, 1.54) is 4.80 Å². The molecule has 2 aromatic rings. The minimum Gasteiger partial charge on any atom is -0.364 e. The standard InChI is InChI=1S/C10H8Cl2N4O/c1-5-9(10(13)17)15-16(14-5)6-2-3-7(11)8(12)4-6/h2-4H,1H3,(H2,13,17). The molecule has 0 aliphatic heterocycles.